The summed E-state index contributed by atoms with van der Waals surface area (Å²) in [7, 11) is 0. The van der Waals surface area contributed by atoms with Crippen LogP contribution in [0.3, 0.4) is 0 Å². The van der Waals surface area contributed by atoms with E-state index in [1.54, 1.807) is 16.7 Å². The molecule has 21 heteroatoms. The highest BCUT2D eigenvalue weighted by molar-refractivity contribution is 5.97. The number of esters is 1. The summed E-state index contributed by atoms with van der Waals surface area (Å²) in [6, 6.07) is 14.2. The zero-order valence-electron chi connectivity index (χ0n) is 29.9. The Morgan fingerprint density at radius 1 is 1.02 bits per heavy atom. The number of H-pyrrole nitrogens is 1. The number of rotatable bonds is 15. The number of carbonyl (C=O) groups excluding carboxylic acids is 2. The van der Waals surface area contributed by atoms with Gasteiger partial charge in [-0.25, -0.2) is 19.7 Å². The van der Waals surface area contributed by atoms with Gasteiger partial charge in [0.15, 0.2) is 22.3 Å². The highest BCUT2D eigenvalue weighted by atomic mass is 16.6. The molecule has 1 fully saturated rings. The second-order valence-corrected chi connectivity index (χ2v) is 12.9. The lowest BCUT2D eigenvalue weighted by Gasteiger charge is -2.18. The number of nitrogens with zero attached hydrogens (tertiary/aromatic N) is 7. The second-order valence-electron chi connectivity index (χ2n) is 12.9. The standard InChI is InChI=1S/C36H36N12O9/c37-35-44-29-27(32(52)46-35)42-21(14-40-29)13-39-20-8-6-19(7-9-20)31(51)43-22(34(53)54)10-11-26(50)57-23-12-25(56-24(23)15-49)48-17-41-28-30(48)45-36(38)47-33(28)55-16-18-4-2-1-3-5-18/h1-9,14,17,22-25,39,49H,10-13,15-16H2,(H,43,51)(H,53,54)(H2,38,45,47)(H3,37,40,44,46,52)/t22-,23?,24+,25+/m0/s1. The number of hydrogen-bond acceptors (Lipinski definition) is 17. The van der Waals surface area contributed by atoms with Crippen LogP contribution in [-0.4, -0.2) is 92.4 Å². The van der Waals surface area contributed by atoms with E-state index in [0.29, 0.717) is 22.5 Å². The van der Waals surface area contributed by atoms with Crippen LogP contribution in [0.4, 0.5) is 17.6 Å². The number of carboxylic acids is 1. The number of amides is 1. The van der Waals surface area contributed by atoms with Crippen LogP contribution >= 0.6 is 0 Å². The number of aliphatic hydroxyl groups is 1. The van der Waals surface area contributed by atoms with Crippen molar-refractivity contribution in [2.45, 2.75) is 56.9 Å². The fourth-order valence-corrected chi connectivity index (χ4v) is 6.08. The van der Waals surface area contributed by atoms with Gasteiger partial charge in [0.05, 0.1) is 31.4 Å². The van der Waals surface area contributed by atoms with E-state index in [9.17, 15) is 29.4 Å². The van der Waals surface area contributed by atoms with Gasteiger partial charge < -0.3 is 46.5 Å². The Bertz CT molecular complexity index is 2480. The van der Waals surface area contributed by atoms with Crippen molar-refractivity contribution in [1.82, 2.24) is 44.8 Å². The van der Waals surface area contributed by atoms with Gasteiger partial charge in [0.2, 0.25) is 17.8 Å². The molecule has 57 heavy (non-hydrogen) atoms. The number of carbonyl (C=O) groups is 3. The Hall–Kier alpha value is -7.26. The molecule has 5 heterocycles. The van der Waals surface area contributed by atoms with Crippen LogP contribution < -0.4 is 32.4 Å². The minimum atomic E-state index is -1.41. The SMILES string of the molecule is Nc1nc(OCc2ccccc2)c2ncn([C@H]3CC(OC(=O)CC[C@H](NC(=O)c4ccc(NCc5cnc6nc(N)[nH]c(=O)c6n5)cc4)C(=O)O)[C@@H](CO)O3)c2n1. The van der Waals surface area contributed by atoms with Crippen LogP contribution in [-0.2, 0) is 32.2 Å². The molecule has 0 bridgehead atoms. The molecule has 1 saturated heterocycles. The Morgan fingerprint density at radius 3 is 2.56 bits per heavy atom. The summed E-state index contributed by atoms with van der Waals surface area (Å²) >= 11 is 0. The van der Waals surface area contributed by atoms with Crippen molar-refractivity contribution in [2.24, 2.45) is 0 Å². The Morgan fingerprint density at radius 2 is 1.81 bits per heavy atom. The summed E-state index contributed by atoms with van der Waals surface area (Å²) in [5.74, 6) is -2.73. The number of aromatic nitrogens is 8. The molecule has 0 radical (unpaired) electrons. The highest BCUT2D eigenvalue weighted by Gasteiger charge is 2.39. The van der Waals surface area contributed by atoms with E-state index in [-0.39, 0.29) is 66.9 Å². The van der Waals surface area contributed by atoms with Gasteiger partial charge in [0.25, 0.3) is 11.5 Å². The zero-order chi connectivity index (χ0) is 40.1. The molecule has 7 rings (SSSR count). The third-order valence-corrected chi connectivity index (χ3v) is 8.93. The van der Waals surface area contributed by atoms with E-state index in [1.807, 2.05) is 30.3 Å². The normalized spacial score (nSPS) is 17.0. The lowest BCUT2D eigenvalue weighted by Crippen LogP contribution is -2.41. The summed E-state index contributed by atoms with van der Waals surface area (Å²) in [6.07, 6.45) is -0.164. The first kappa shape index (κ1) is 38.0. The lowest BCUT2D eigenvalue weighted by atomic mass is 10.1. The van der Waals surface area contributed by atoms with E-state index in [1.165, 1.54) is 24.7 Å². The largest absolute Gasteiger partial charge is 0.480 e. The van der Waals surface area contributed by atoms with Crippen LogP contribution in [0.25, 0.3) is 22.3 Å². The Balaban J connectivity index is 0.915. The first-order chi connectivity index (χ1) is 27.5. The molecule has 1 aliphatic rings. The number of carboxylic acid groups (broad SMARTS) is 1. The summed E-state index contributed by atoms with van der Waals surface area (Å²) in [4.78, 5) is 77.7. The maximum atomic E-state index is 13.0. The zero-order valence-corrected chi connectivity index (χ0v) is 29.9. The van der Waals surface area contributed by atoms with Crippen molar-refractivity contribution in [3.63, 3.8) is 0 Å². The topological polar surface area (TPSA) is 311 Å². The molecule has 2 aromatic carbocycles. The number of ether oxygens (including phenoxy) is 3. The fourth-order valence-electron chi connectivity index (χ4n) is 6.08. The minimum absolute atomic E-state index is 0.0362. The predicted octanol–water partition coefficient (Wildman–Crippen LogP) is 1.06. The van der Waals surface area contributed by atoms with Crippen LogP contribution in [0.15, 0.2) is 71.9 Å². The molecule has 21 nitrogen and oxygen atoms in total. The molecular formula is C36H36N12O9. The molecule has 0 saturated carbocycles. The van der Waals surface area contributed by atoms with Gasteiger partial charge in [-0.3, -0.25) is 23.9 Å². The average Bonchev–Trinajstić information content (AvgIpc) is 3.81. The number of benzene rings is 2. The summed E-state index contributed by atoms with van der Waals surface area (Å²) in [6.45, 7) is -0.0651. The number of nitrogens with two attached hydrogens (primary N) is 2. The van der Waals surface area contributed by atoms with E-state index < -0.39 is 54.5 Å². The van der Waals surface area contributed by atoms with Crippen LogP contribution in [0, 0.1) is 0 Å². The lowest BCUT2D eigenvalue weighted by molar-refractivity contribution is -0.153. The minimum Gasteiger partial charge on any atom is -0.480 e. The van der Waals surface area contributed by atoms with Gasteiger partial charge in [-0.05, 0) is 36.2 Å². The Kier molecular flexibility index (Phi) is 11.1. The molecule has 1 amide bonds. The maximum Gasteiger partial charge on any atom is 0.326 e. The molecule has 4 atom stereocenters. The molecule has 0 spiro atoms. The predicted molar refractivity (Wildman–Crippen MR) is 200 cm³/mol. The van der Waals surface area contributed by atoms with Crippen LogP contribution in [0.5, 0.6) is 5.88 Å². The third kappa shape index (κ3) is 8.84. The van der Waals surface area contributed by atoms with Crippen molar-refractivity contribution >= 4 is 57.8 Å². The quantitative estimate of drug-likeness (QED) is 0.0717. The van der Waals surface area contributed by atoms with Gasteiger partial charge in [-0.1, -0.05) is 30.3 Å². The van der Waals surface area contributed by atoms with Gasteiger partial charge >= 0.3 is 11.9 Å². The number of aromatic amines is 1. The molecule has 294 valence electrons. The molecule has 1 aliphatic heterocycles. The van der Waals surface area contributed by atoms with E-state index in [0.717, 1.165) is 5.56 Å². The number of nitrogens with one attached hydrogen (secondary N) is 3. The van der Waals surface area contributed by atoms with E-state index in [4.69, 9.17) is 25.7 Å². The van der Waals surface area contributed by atoms with Crippen molar-refractivity contribution < 1.29 is 38.8 Å². The number of fused-ring (bicyclic) bond motifs is 2. The smallest absolute Gasteiger partial charge is 0.326 e. The molecule has 0 aliphatic carbocycles. The summed E-state index contributed by atoms with van der Waals surface area (Å²) < 4.78 is 19.1. The number of anilines is 3. The second kappa shape index (κ2) is 16.6. The van der Waals surface area contributed by atoms with Crippen molar-refractivity contribution in [1.29, 1.82) is 0 Å². The van der Waals surface area contributed by atoms with E-state index in [2.05, 4.69) is 45.5 Å². The molecule has 4 aromatic heterocycles. The number of hydrogen-bond donors (Lipinski definition) is 7. The van der Waals surface area contributed by atoms with E-state index >= 15 is 0 Å². The monoisotopic (exact) mass is 780 g/mol. The number of aliphatic hydroxyl groups excluding tert-OH is 1. The Labute approximate surface area is 321 Å². The molecule has 6 aromatic rings. The number of nitrogen functional groups attached to an aromatic ring is 2. The van der Waals surface area contributed by atoms with Crippen molar-refractivity contribution in [3.05, 3.63) is 94.3 Å². The molecule has 1 unspecified atom stereocenters. The first-order valence-electron chi connectivity index (χ1n) is 17.6. The van der Waals surface area contributed by atoms with Gasteiger partial charge in [-0.15, -0.1) is 0 Å². The molecular weight excluding hydrogens is 744 g/mol. The molecule has 9 N–H and O–H groups in total. The van der Waals surface area contributed by atoms with Crippen molar-refractivity contribution in [3.8, 4) is 5.88 Å². The number of aliphatic carboxylic acids is 1. The number of imidazole rings is 1. The highest BCUT2D eigenvalue weighted by Crippen LogP contribution is 2.34. The summed E-state index contributed by atoms with van der Waals surface area (Å²) in [5, 5.41) is 25.4. The first-order valence-corrected chi connectivity index (χ1v) is 17.6. The average molecular weight is 781 g/mol. The third-order valence-electron chi connectivity index (χ3n) is 8.93. The van der Waals surface area contributed by atoms with Crippen LogP contribution in [0.2, 0.25) is 0 Å². The van der Waals surface area contributed by atoms with Gasteiger partial charge in [-0.2, -0.15) is 15.0 Å². The van der Waals surface area contributed by atoms with Gasteiger partial charge in [0.1, 0.15) is 31.1 Å². The van der Waals surface area contributed by atoms with Gasteiger partial charge in [0, 0.05) is 24.1 Å². The fraction of sp³-hybridized carbons (Fsp3) is 0.278. The van der Waals surface area contributed by atoms with Crippen molar-refractivity contribution in [2.75, 3.05) is 23.4 Å². The summed E-state index contributed by atoms with van der Waals surface area (Å²) in [5.41, 5.74) is 13.9. The maximum absolute atomic E-state index is 13.0. The van der Waals surface area contributed by atoms with Crippen LogP contribution in [0.1, 0.15) is 47.1 Å².